The van der Waals surface area contributed by atoms with Gasteiger partial charge in [0.25, 0.3) is 0 Å². The molecule has 0 spiro atoms. The van der Waals surface area contributed by atoms with Gasteiger partial charge in [-0.05, 0) is 49.0 Å². The summed E-state index contributed by atoms with van der Waals surface area (Å²) in [5.74, 6) is 0.577. The predicted octanol–water partition coefficient (Wildman–Crippen LogP) is 3.20. The molecule has 17 heavy (non-hydrogen) atoms. The van der Waals surface area contributed by atoms with Crippen LogP contribution in [0.4, 0.5) is 0 Å². The van der Waals surface area contributed by atoms with E-state index < -0.39 is 0 Å². The number of rotatable bonds is 5. The molecule has 0 aromatic heterocycles. The first-order valence-corrected chi connectivity index (χ1v) is 7.08. The fourth-order valence-corrected chi connectivity index (χ4v) is 3.68. The zero-order valence-electron chi connectivity index (χ0n) is 12.3. The average Bonchev–Trinajstić information content (AvgIpc) is 2.10. The molecule has 1 saturated carbocycles. The molecule has 0 aliphatic heterocycles. The summed E-state index contributed by atoms with van der Waals surface area (Å²) in [6, 6.07) is 0.648. The summed E-state index contributed by atoms with van der Waals surface area (Å²) in [5, 5.41) is 12.6. The largest absolute Gasteiger partial charge is 0.396 e. The molecular formula is C15H31NO. The van der Waals surface area contributed by atoms with Crippen molar-refractivity contribution in [3.05, 3.63) is 0 Å². The van der Waals surface area contributed by atoms with E-state index in [1.54, 1.807) is 0 Å². The van der Waals surface area contributed by atoms with Crippen molar-refractivity contribution in [2.45, 2.75) is 66.3 Å². The zero-order chi connectivity index (χ0) is 13.1. The Bertz CT molecular complexity index is 219. The van der Waals surface area contributed by atoms with Crippen LogP contribution in [0.15, 0.2) is 0 Å². The molecule has 2 heteroatoms. The van der Waals surface area contributed by atoms with Crippen LogP contribution >= 0.6 is 0 Å². The molecule has 0 aromatic rings. The van der Waals surface area contributed by atoms with Crippen molar-refractivity contribution in [3.8, 4) is 0 Å². The van der Waals surface area contributed by atoms with Gasteiger partial charge in [0.05, 0.1) is 0 Å². The first-order chi connectivity index (χ1) is 7.74. The molecular weight excluding hydrogens is 210 g/mol. The fraction of sp³-hybridized carbons (Fsp3) is 1.00. The third-order valence-electron chi connectivity index (χ3n) is 3.93. The molecule has 0 radical (unpaired) electrons. The molecule has 1 fully saturated rings. The Kier molecular flexibility index (Phi) is 5.03. The van der Waals surface area contributed by atoms with Crippen LogP contribution in [-0.4, -0.2) is 24.3 Å². The van der Waals surface area contributed by atoms with Crippen molar-refractivity contribution in [2.75, 3.05) is 13.2 Å². The maximum Gasteiger partial charge on any atom is 0.0434 e. The van der Waals surface area contributed by atoms with Gasteiger partial charge in [0.15, 0.2) is 0 Å². The SMILES string of the molecule is CC(CCO)CNC1CC(C)(C)CC(C)(C)C1. The van der Waals surface area contributed by atoms with Crippen LogP contribution in [0.5, 0.6) is 0 Å². The minimum Gasteiger partial charge on any atom is -0.396 e. The molecule has 1 unspecified atom stereocenters. The van der Waals surface area contributed by atoms with Crippen LogP contribution in [-0.2, 0) is 0 Å². The van der Waals surface area contributed by atoms with Crippen molar-refractivity contribution in [2.24, 2.45) is 16.7 Å². The Labute approximate surface area is 107 Å². The molecule has 0 bridgehead atoms. The number of nitrogens with one attached hydrogen (secondary N) is 1. The minimum atomic E-state index is 0.310. The van der Waals surface area contributed by atoms with E-state index in [4.69, 9.17) is 5.11 Å². The van der Waals surface area contributed by atoms with Crippen molar-refractivity contribution in [1.29, 1.82) is 0 Å². The lowest BCUT2D eigenvalue weighted by Crippen LogP contribution is -2.45. The van der Waals surface area contributed by atoms with E-state index in [9.17, 15) is 0 Å². The molecule has 0 amide bonds. The van der Waals surface area contributed by atoms with Crippen molar-refractivity contribution < 1.29 is 5.11 Å². The Morgan fingerprint density at radius 2 is 1.71 bits per heavy atom. The van der Waals surface area contributed by atoms with Gasteiger partial charge in [-0.1, -0.05) is 34.6 Å². The average molecular weight is 241 g/mol. The van der Waals surface area contributed by atoms with E-state index in [2.05, 4.69) is 39.9 Å². The third kappa shape index (κ3) is 5.39. The molecule has 102 valence electrons. The summed E-state index contributed by atoms with van der Waals surface area (Å²) in [7, 11) is 0. The summed E-state index contributed by atoms with van der Waals surface area (Å²) in [5.41, 5.74) is 0.916. The molecule has 2 N–H and O–H groups in total. The molecule has 2 nitrogen and oxygen atoms in total. The normalized spacial score (nSPS) is 25.8. The van der Waals surface area contributed by atoms with Crippen molar-refractivity contribution in [1.82, 2.24) is 5.32 Å². The van der Waals surface area contributed by atoms with Crippen LogP contribution in [0.1, 0.15) is 60.3 Å². The molecule has 0 saturated heterocycles. The molecule has 0 heterocycles. The molecule has 1 aliphatic carbocycles. The predicted molar refractivity (Wildman–Crippen MR) is 74.1 cm³/mol. The van der Waals surface area contributed by atoms with Crippen LogP contribution in [0.2, 0.25) is 0 Å². The molecule has 1 rings (SSSR count). The van der Waals surface area contributed by atoms with E-state index >= 15 is 0 Å². The molecule has 0 aromatic carbocycles. The quantitative estimate of drug-likeness (QED) is 0.775. The lowest BCUT2D eigenvalue weighted by atomic mass is 9.63. The first-order valence-electron chi connectivity index (χ1n) is 7.08. The van der Waals surface area contributed by atoms with Gasteiger partial charge in [-0.2, -0.15) is 0 Å². The van der Waals surface area contributed by atoms with Gasteiger partial charge in [0.2, 0.25) is 0 Å². The zero-order valence-corrected chi connectivity index (χ0v) is 12.3. The first kappa shape index (κ1) is 15.0. The lowest BCUT2D eigenvalue weighted by molar-refractivity contribution is 0.0830. The number of aliphatic hydroxyl groups excluding tert-OH is 1. The molecule has 1 atom stereocenters. The van der Waals surface area contributed by atoms with Crippen molar-refractivity contribution >= 4 is 0 Å². The summed E-state index contributed by atoms with van der Waals surface area (Å²) < 4.78 is 0. The Morgan fingerprint density at radius 1 is 1.18 bits per heavy atom. The monoisotopic (exact) mass is 241 g/mol. The second kappa shape index (κ2) is 5.71. The van der Waals surface area contributed by atoms with Gasteiger partial charge in [-0.3, -0.25) is 0 Å². The summed E-state index contributed by atoms with van der Waals surface area (Å²) in [4.78, 5) is 0. The van der Waals surface area contributed by atoms with Crippen molar-refractivity contribution in [3.63, 3.8) is 0 Å². The van der Waals surface area contributed by atoms with Crippen LogP contribution in [0, 0.1) is 16.7 Å². The van der Waals surface area contributed by atoms with E-state index in [1.807, 2.05) is 0 Å². The molecule has 1 aliphatic rings. The topological polar surface area (TPSA) is 32.3 Å². The maximum atomic E-state index is 8.91. The summed E-state index contributed by atoms with van der Waals surface area (Å²) in [6.45, 7) is 13.1. The van der Waals surface area contributed by atoms with Gasteiger partial charge >= 0.3 is 0 Å². The van der Waals surface area contributed by atoms with Crippen LogP contribution in [0.3, 0.4) is 0 Å². The second-order valence-electron chi connectivity index (χ2n) is 7.64. The standard InChI is InChI=1S/C15H31NO/c1-12(6-7-17)10-16-13-8-14(2,3)11-15(4,5)9-13/h12-13,16-17H,6-11H2,1-5H3. The number of hydrogen-bond donors (Lipinski definition) is 2. The Morgan fingerprint density at radius 3 is 2.18 bits per heavy atom. The van der Waals surface area contributed by atoms with Gasteiger partial charge < -0.3 is 10.4 Å². The van der Waals surface area contributed by atoms with Gasteiger partial charge in [-0.15, -0.1) is 0 Å². The number of aliphatic hydroxyl groups is 1. The second-order valence-corrected chi connectivity index (χ2v) is 7.64. The van der Waals surface area contributed by atoms with E-state index in [1.165, 1.54) is 19.3 Å². The third-order valence-corrected chi connectivity index (χ3v) is 3.93. The maximum absolute atomic E-state index is 8.91. The van der Waals surface area contributed by atoms with E-state index in [0.717, 1.165) is 13.0 Å². The lowest BCUT2D eigenvalue weighted by Gasteiger charge is -2.45. The smallest absolute Gasteiger partial charge is 0.0434 e. The van der Waals surface area contributed by atoms with Gasteiger partial charge in [0, 0.05) is 12.6 Å². The Hall–Kier alpha value is -0.0800. The highest BCUT2D eigenvalue weighted by molar-refractivity contribution is 4.92. The highest BCUT2D eigenvalue weighted by Crippen LogP contribution is 2.45. The van der Waals surface area contributed by atoms with Crippen LogP contribution in [0.25, 0.3) is 0 Å². The highest BCUT2D eigenvalue weighted by Gasteiger charge is 2.38. The van der Waals surface area contributed by atoms with E-state index in [0.29, 0.717) is 29.4 Å². The number of hydrogen-bond acceptors (Lipinski definition) is 2. The van der Waals surface area contributed by atoms with E-state index in [-0.39, 0.29) is 0 Å². The van der Waals surface area contributed by atoms with Gasteiger partial charge in [0.1, 0.15) is 0 Å². The Balaban J connectivity index is 2.43. The minimum absolute atomic E-state index is 0.310. The summed E-state index contributed by atoms with van der Waals surface area (Å²) >= 11 is 0. The van der Waals surface area contributed by atoms with Crippen LogP contribution < -0.4 is 5.32 Å². The van der Waals surface area contributed by atoms with Gasteiger partial charge in [-0.25, -0.2) is 0 Å². The fourth-order valence-electron chi connectivity index (χ4n) is 3.68. The highest BCUT2D eigenvalue weighted by atomic mass is 16.3. The summed E-state index contributed by atoms with van der Waals surface area (Å²) in [6.07, 6.45) is 4.79.